The van der Waals surface area contributed by atoms with E-state index in [1.54, 1.807) is 18.2 Å². The van der Waals surface area contributed by atoms with Crippen LogP contribution in [0, 0.1) is 5.92 Å². The van der Waals surface area contributed by atoms with Crippen molar-refractivity contribution >= 4 is 17.9 Å². The van der Waals surface area contributed by atoms with E-state index >= 15 is 0 Å². The minimum Gasteiger partial charge on any atom is -0.478 e. The number of aliphatic carboxylic acids is 1. The Balaban J connectivity index is 2.71. The summed E-state index contributed by atoms with van der Waals surface area (Å²) >= 11 is 0. The van der Waals surface area contributed by atoms with E-state index in [0.717, 1.165) is 36.8 Å². The van der Waals surface area contributed by atoms with Crippen LogP contribution < -0.4 is 9.47 Å². The van der Waals surface area contributed by atoms with Crippen molar-refractivity contribution in [2.24, 2.45) is 5.92 Å². The van der Waals surface area contributed by atoms with Crippen LogP contribution in [0.25, 0.3) is 0 Å². The van der Waals surface area contributed by atoms with E-state index in [4.69, 9.17) is 9.47 Å². The molecule has 0 saturated carbocycles. The quantitative estimate of drug-likeness (QED) is 0.247. The van der Waals surface area contributed by atoms with Gasteiger partial charge in [0.15, 0.2) is 0 Å². The molecule has 2 rings (SSSR count). The van der Waals surface area contributed by atoms with Crippen molar-refractivity contribution in [2.45, 2.75) is 72.1 Å². The molecule has 6 nitrogen and oxygen atoms in total. The number of carbonyl (C=O) groups is 3. The second-order valence-electron chi connectivity index (χ2n) is 8.16. The van der Waals surface area contributed by atoms with Gasteiger partial charge >= 0.3 is 17.9 Å². The number of allylic oxidation sites excluding steroid dienone is 2. The Morgan fingerprint density at radius 3 is 2.10 bits per heavy atom. The summed E-state index contributed by atoms with van der Waals surface area (Å²) in [6.45, 7) is 10.7. The maximum Gasteiger partial charge on any atom is 0.331 e. The SMILES string of the molecule is C=C(C)[C@@H]1CCC(C(=O)O)=CC1c1c(OC(C)=O)cc(CCCCC)cc1OC(C)=O. The van der Waals surface area contributed by atoms with Gasteiger partial charge in [0.1, 0.15) is 11.5 Å². The van der Waals surface area contributed by atoms with Crippen molar-refractivity contribution in [2.75, 3.05) is 0 Å². The van der Waals surface area contributed by atoms with Gasteiger partial charge in [-0.1, -0.05) is 38.0 Å². The van der Waals surface area contributed by atoms with E-state index in [1.165, 1.54) is 13.8 Å². The van der Waals surface area contributed by atoms with E-state index in [2.05, 4.69) is 13.5 Å². The Bertz CT molecular complexity index is 858. The molecule has 1 aliphatic rings. The Hall–Kier alpha value is -2.89. The number of carboxylic acids is 1. The number of rotatable bonds is 9. The average Bonchev–Trinajstić information content (AvgIpc) is 2.66. The molecule has 1 N–H and O–H groups in total. The largest absolute Gasteiger partial charge is 0.478 e. The van der Waals surface area contributed by atoms with Crippen LogP contribution in [0.2, 0.25) is 0 Å². The number of carboxylic acid groups (broad SMARTS) is 1. The molecule has 0 bridgehead atoms. The summed E-state index contributed by atoms with van der Waals surface area (Å²) in [5.74, 6) is -1.88. The zero-order valence-corrected chi connectivity index (χ0v) is 18.8. The van der Waals surface area contributed by atoms with Crippen molar-refractivity contribution in [1.29, 1.82) is 0 Å². The minimum atomic E-state index is -0.982. The zero-order chi connectivity index (χ0) is 23.1. The molecule has 1 aromatic rings. The maximum atomic E-state index is 11.9. The maximum absolute atomic E-state index is 11.9. The van der Waals surface area contributed by atoms with Gasteiger partial charge in [-0.25, -0.2) is 4.79 Å². The molecule has 0 heterocycles. The number of unbranched alkanes of at least 4 members (excludes halogenated alkanes) is 2. The fourth-order valence-corrected chi connectivity index (χ4v) is 4.11. The number of esters is 2. The molecular formula is C25H32O6. The molecule has 2 atom stereocenters. The molecule has 31 heavy (non-hydrogen) atoms. The summed E-state index contributed by atoms with van der Waals surface area (Å²) in [7, 11) is 0. The standard InChI is InChI=1S/C25H32O6/c1-6-7-8-9-18-12-22(30-16(4)26)24(23(13-18)31-17(5)27)21-14-19(25(28)29)10-11-20(21)15(2)3/h12-14,20-21H,2,6-11H2,1,3-5H3,(H,28,29)/t20-,21?/m0/s1. The third-order valence-electron chi connectivity index (χ3n) is 5.52. The number of hydrogen-bond donors (Lipinski definition) is 1. The number of ether oxygens (including phenoxy) is 2. The number of carbonyl (C=O) groups excluding carboxylic acids is 2. The smallest absolute Gasteiger partial charge is 0.331 e. The van der Waals surface area contributed by atoms with Gasteiger partial charge in [-0.3, -0.25) is 9.59 Å². The lowest BCUT2D eigenvalue weighted by molar-refractivity contribution is -0.134. The first-order valence-electron chi connectivity index (χ1n) is 10.8. The first-order chi connectivity index (χ1) is 14.6. The highest BCUT2D eigenvalue weighted by atomic mass is 16.5. The van der Waals surface area contributed by atoms with Crippen LogP contribution in [0.3, 0.4) is 0 Å². The summed E-state index contributed by atoms with van der Waals surface area (Å²) < 4.78 is 11.1. The molecule has 0 saturated heterocycles. The van der Waals surface area contributed by atoms with Crippen LogP contribution >= 0.6 is 0 Å². The van der Waals surface area contributed by atoms with Gasteiger partial charge in [0.2, 0.25) is 0 Å². The van der Waals surface area contributed by atoms with Gasteiger partial charge in [0.05, 0.1) is 0 Å². The van der Waals surface area contributed by atoms with Crippen LogP contribution in [0.4, 0.5) is 0 Å². The minimum absolute atomic E-state index is 0.0716. The molecule has 1 aliphatic carbocycles. The third kappa shape index (κ3) is 6.54. The molecule has 0 spiro atoms. The molecule has 1 aromatic carbocycles. The van der Waals surface area contributed by atoms with E-state index in [-0.39, 0.29) is 11.5 Å². The molecule has 0 amide bonds. The molecule has 168 valence electrons. The molecule has 1 unspecified atom stereocenters. The van der Waals surface area contributed by atoms with Gasteiger partial charge in [-0.05, 0) is 56.2 Å². The van der Waals surface area contributed by atoms with Crippen LogP contribution in [0.1, 0.15) is 76.8 Å². The van der Waals surface area contributed by atoms with Crippen molar-refractivity contribution in [3.63, 3.8) is 0 Å². The fraction of sp³-hybridized carbons (Fsp3) is 0.480. The Labute approximate surface area is 183 Å². The molecular weight excluding hydrogens is 396 g/mol. The molecule has 0 fully saturated rings. The second-order valence-corrected chi connectivity index (χ2v) is 8.16. The normalized spacial score (nSPS) is 18.1. The molecule has 0 aliphatic heterocycles. The zero-order valence-electron chi connectivity index (χ0n) is 18.8. The summed E-state index contributed by atoms with van der Waals surface area (Å²) in [5.41, 5.74) is 2.59. The summed E-state index contributed by atoms with van der Waals surface area (Å²) in [6.07, 6.45) is 6.52. The molecule has 6 heteroatoms. The summed E-state index contributed by atoms with van der Waals surface area (Å²) in [4.78, 5) is 35.4. The van der Waals surface area contributed by atoms with Crippen LogP contribution in [-0.2, 0) is 20.8 Å². The number of benzene rings is 1. The van der Waals surface area contributed by atoms with Gasteiger partial charge in [0.25, 0.3) is 0 Å². The van der Waals surface area contributed by atoms with Crippen molar-refractivity contribution in [3.05, 3.63) is 47.1 Å². The fourth-order valence-electron chi connectivity index (χ4n) is 4.11. The summed E-state index contributed by atoms with van der Waals surface area (Å²) in [6, 6.07) is 3.61. The number of hydrogen-bond acceptors (Lipinski definition) is 5. The summed E-state index contributed by atoms with van der Waals surface area (Å²) in [5, 5.41) is 9.56. The second kappa shape index (κ2) is 10.9. The van der Waals surface area contributed by atoms with E-state index in [9.17, 15) is 19.5 Å². The predicted octanol–water partition coefficient (Wildman–Crippen LogP) is 5.35. The topological polar surface area (TPSA) is 89.9 Å². The predicted molar refractivity (Wildman–Crippen MR) is 118 cm³/mol. The van der Waals surface area contributed by atoms with Gasteiger partial charge in [0, 0.05) is 30.9 Å². The van der Waals surface area contributed by atoms with Crippen molar-refractivity contribution in [1.82, 2.24) is 0 Å². The van der Waals surface area contributed by atoms with Gasteiger partial charge in [-0.15, -0.1) is 0 Å². The van der Waals surface area contributed by atoms with Gasteiger partial charge in [-0.2, -0.15) is 0 Å². The highest BCUT2D eigenvalue weighted by molar-refractivity contribution is 5.87. The van der Waals surface area contributed by atoms with Crippen LogP contribution in [0.15, 0.2) is 35.9 Å². The highest BCUT2D eigenvalue weighted by Crippen LogP contribution is 2.47. The number of aryl methyl sites for hydroxylation is 1. The van der Waals surface area contributed by atoms with Crippen molar-refractivity contribution < 1.29 is 29.0 Å². The first-order valence-corrected chi connectivity index (χ1v) is 10.8. The molecule has 0 radical (unpaired) electrons. The lowest BCUT2D eigenvalue weighted by atomic mass is 9.73. The van der Waals surface area contributed by atoms with Crippen molar-refractivity contribution in [3.8, 4) is 11.5 Å². The third-order valence-corrected chi connectivity index (χ3v) is 5.52. The first kappa shape index (κ1) is 24.4. The van der Waals surface area contributed by atoms with E-state index in [0.29, 0.717) is 29.9 Å². The Kier molecular flexibility index (Phi) is 8.60. The monoisotopic (exact) mass is 428 g/mol. The lowest BCUT2D eigenvalue weighted by Crippen LogP contribution is -2.22. The van der Waals surface area contributed by atoms with Crippen LogP contribution in [0.5, 0.6) is 11.5 Å². The Morgan fingerprint density at radius 2 is 1.65 bits per heavy atom. The van der Waals surface area contributed by atoms with Crippen LogP contribution in [-0.4, -0.2) is 23.0 Å². The van der Waals surface area contributed by atoms with Gasteiger partial charge < -0.3 is 14.6 Å². The molecule has 0 aromatic heterocycles. The van der Waals surface area contributed by atoms with E-state index in [1.807, 2.05) is 6.92 Å². The Morgan fingerprint density at radius 1 is 1.06 bits per heavy atom. The highest BCUT2D eigenvalue weighted by Gasteiger charge is 2.34. The average molecular weight is 429 g/mol. The van der Waals surface area contributed by atoms with E-state index < -0.39 is 23.8 Å². The lowest BCUT2D eigenvalue weighted by Gasteiger charge is -2.32.